The maximum Gasteiger partial charge on any atom is 0.283 e. The van der Waals surface area contributed by atoms with E-state index in [4.69, 9.17) is 4.74 Å². The maximum atomic E-state index is 15.8. The molecule has 0 aromatic heterocycles. The van der Waals surface area contributed by atoms with Gasteiger partial charge in [-0.3, -0.25) is 9.29 Å². The van der Waals surface area contributed by atoms with Crippen LogP contribution in [0.4, 0.5) is 26.3 Å². The van der Waals surface area contributed by atoms with Crippen molar-refractivity contribution < 1.29 is 36.2 Å². The van der Waals surface area contributed by atoms with E-state index >= 15 is 8.78 Å². The van der Waals surface area contributed by atoms with Gasteiger partial charge in [-0.05, 0) is 73.2 Å². The Labute approximate surface area is 211 Å². The van der Waals surface area contributed by atoms with Gasteiger partial charge in [0.05, 0.1) is 19.3 Å². The summed E-state index contributed by atoms with van der Waals surface area (Å²) in [7, 11) is 0. The molecule has 2 N–H and O–H groups in total. The van der Waals surface area contributed by atoms with E-state index in [1.165, 1.54) is 11.0 Å². The molecule has 37 heavy (non-hydrogen) atoms. The van der Waals surface area contributed by atoms with E-state index in [-0.39, 0.29) is 25.2 Å². The minimum absolute atomic E-state index is 0.0201. The zero-order valence-electron chi connectivity index (χ0n) is 20.5. The van der Waals surface area contributed by atoms with Gasteiger partial charge in [0.15, 0.2) is 11.6 Å². The summed E-state index contributed by atoms with van der Waals surface area (Å²) in [6.45, 7) is -0.431. The zero-order valence-corrected chi connectivity index (χ0v) is 20.5. The molecule has 0 bridgehead atoms. The molecule has 0 fully saturated rings. The second-order valence-electron chi connectivity index (χ2n) is 9.50. The molecule has 2 aromatic rings. The van der Waals surface area contributed by atoms with Crippen LogP contribution in [-0.4, -0.2) is 61.5 Å². The second kappa shape index (κ2) is 11.4. The summed E-state index contributed by atoms with van der Waals surface area (Å²) in [4.78, 5) is 1.28. The lowest BCUT2D eigenvalue weighted by molar-refractivity contribution is -0.0862. The van der Waals surface area contributed by atoms with Crippen molar-refractivity contribution in [2.75, 3.05) is 39.5 Å². The Morgan fingerprint density at radius 3 is 2.62 bits per heavy atom. The van der Waals surface area contributed by atoms with Gasteiger partial charge in [-0.15, -0.1) is 0 Å². The van der Waals surface area contributed by atoms with E-state index in [1.807, 2.05) is 0 Å². The summed E-state index contributed by atoms with van der Waals surface area (Å²) in [5.41, 5.74) is 1.68. The van der Waals surface area contributed by atoms with Gasteiger partial charge in [0.25, 0.3) is 5.92 Å². The average Bonchev–Trinajstić information content (AvgIpc) is 3.23. The van der Waals surface area contributed by atoms with E-state index in [1.54, 1.807) is 19.1 Å². The van der Waals surface area contributed by atoms with Crippen LogP contribution in [0.5, 0.6) is 5.75 Å². The lowest BCUT2D eigenvalue weighted by atomic mass is 9.84. The Hall–Kier alpha value is -2.56. The van der Waals surface area contributed by atoms with Crippen LogP contribution in [0.2, 0.25) is 0 Å². The number of ether oxygens (including phenoxy) is 1. The molecule has 2 atom stereocenters. The monoisotopic (exact) mass is 528 g/mol. The predicted octanol–water partition coefficient (Wildman–Crippen LogP) is 5.20. The Morgan fingerprint density at radius 2 is 1.89 bits per heavy atom. The fourth-order valence-electron chi connectivity index (χ4n) is 5.23. The number of aliphatic hydroxyl groups excluding tert-OH is 1. The van der Waals surface area contributed by atoms with E-state index in [0.29, 0.717) is 41.8 Å². The summed E-state index contributed by atoms with van der Waals surface area (Å²) < 4.78 is 92.4. The third-order valence-electron chi connectivity index (χ3n) is 6.96. The Balaban J connectivity index is 1.74. The van der Waals surface area contributed by atoms with Gasteiger partial charge in [-0.1, -0.05) is 12.1 Å². The lowest BCUT2D eigenvalue weighted by Crippen LogP contribution is -2.48. The molecule has 1 aliphatic carbocycles. The lowest BCUT2D eigenvalue weighted by Gasteiger charge is -2.43. The first-order valence-corrected chi connectivity index (χ1v) is 12.3. The molecule has 1 heterocycles. The molecule has 10 heteroatoms. The Morgan fingerprint density at radius 1 is 1.11 bits per heavy atom. The SMILES string of the molecule is C[C@@H]1CC2=C(Cc3c(F)cccc32)[C@@H](c2c(F)ccc(OCCNCCCF)c2F)N1CC(F)(F)CO. The maximum absolute atomic E-state index is 15.8. The molecule has 0 saturated carbocycles. The first-order valence-electron chi connectivity index (χ1n) is 12.3. The molecular formula is C27H30F6N2O2. The van der Waals surface area contributed by atoms with Crippen molar-refractivity contribution >= 4 is 5.57 Å². The molecule has 4 rings (SSSR count). The normalized spacial score (nSPS) is 19.8. The molecular weight excluding hydrogens is 498 g/mol. The van der Waals surface area contributed by atoms with Crippen LogP contribution in [-0.2, 0) is 6.42 Å². The summed E-state index contributed by atoms with van der Waals surface area (Å²) in [6, 6.07) is 4.89. The number of alkyl halides is 3. The van der Waals surface area contributed by atoms with Crippen LogP contribution < -0.4 is 10.1 Å². The van der Waals surface area contributed by atoms with E-state index in [0.717, 1.165) is 12.1 Å². The number of hydrogen-bond donors (Lipinski definition) is 2. The van der Waals surface area contributed by atoms with E-state index < -0.39 is 60.8 Å². The third-order valence-corrected chi connectivity index (χ3v) is 6.96. The molecule has 0 amide bonds. The van der Waals surface area contributed by atoms with E-state index in [2.05, 4.69) is 5.32 Å². The molecule has 0 saturated heterocycles. The molecule has 0 unspecified atom stereocenters. The van der Waals surface area contributed by atoms with Gasteiger partial charge >= 0.3 is 0 Å². The molecule has 1 aliphatic heterocycles. The summed E-state index contributed by atoms with van der Waals surface area (Å²) in [6.07, 6.45) is 0.635. The van der Waals surface area contributed by atoms with Crippen LogP contribution in [0.1, 0.15) is 42.5 Å². The smallest absolute Gasteiger partial charge is 0.283 e. The van der Waals surface area contributed by atoms with Crippen LogP contribution in [0, 0.1) is 17.5 Å². The van der Waals surface area contributed by atoms with E-state index in [9.17, 15) is 22.7 Å². The number of hydrogen-bond acceptors (Lipinski definition) is 4. The first-order chi connectivity index (χ1) is 17.7. The fraction of sp³-hybridized carbons (Fsp3) is 0.481. The topological polar surface area (TPSA) is 44.7 Å². The fourth-order valence-corrected chi connectivity index (χ4v) is 5.23. The number of nitrogens with one attached hydrogen (secondary N) is 1. The summed E-state index contributed by atoms with van der Waals surface area (Å²) >= 11 is 0. The van der Waals surface area contributed by atoms with Crippen molar-refractivity contribution in [3.05, 3.63) is 70.0 Å². The highest BCUT2D eigenvalue weighted by Crippen LogP contribution is 2.51. The third kappa shape index (κ3) is 5.66. The van der Waals surface area contributed by atoms with Crippen molar-refractivity contribution in [1.82, 2.24) is 10.2 Å². The number of benzene rings is 2. The standard InChI is InChI=1S/C27H30F6N2O2/c1-16-12-18-17-4-2-5-21(29)19(17)13-20(18)26(35(16)14-27(32,33)15-36)24-22(30)6-7-23(25(24)31)37-11-10-34-9-3-8-28/h2,4-7,16,26,34,36H,3,8-15H2,1H3/t16-,26+/m1/s1. The average molecular weight is 529 g/mol. The molecule has 0 spiro atoms. The molecule has 2 aliphatic rings. The van der Waals surface area contributed by atoms with Gasteiger partial charge < -0.3 is 15.2 Å². The van der Waals surface area contributed by atoms with Crippen LogP contribution in [0.3, 0.4) is 0 Å². The van der Waals surface area contributed by atoms with Crippen LogP contribution in [0.25, 0.3) is 5.57 Å². The molecule has 2 aromatic carbocycles. The molecule has 4 nitrogen and oxygen atoms in total. The van der Waals surface area contributed by atoms with Crippen molar-refractivity contribution in [3.63, 3.8) is 0 Å². The summed E-state index contributed by atoms with van der Waals surface area (Å²) in [5, 5.41) is 12.2. The highest BCUT2D eigenvalue weighted by atomic mass is 19.3. The Kier molecular flexibility index (Phi) is 8.50. The predicted molar refractivity (Wildman–Crippen MR) is 128 cm³/mol. The molecule has 0 radical (unpaired) electrons. The minimum Gasteiger partial charge on any atom is -0.489 e. The number of nitrogens with zero attached hydrogens (tertiary/aromatic N) is 1. The van der Waals surface area contributed by atoms with Crippen molar-refractivity contribution in [3.8, 4) is 5.75 Å². The number of fused-ring (bicyclic) bond motifs is 2. The van der Waals surface area contributed by atoms with Crippen molar-refractivity contribution in [2.45, 2.75) is 44.2 Å². The molecule has 202 valence electrons. The van der Waals surface area contributed by atoms with Gasteiger partial charge in [-0.2, -0.15) is 0 Å². The van der Waals surface area contributed by atoms with Crippen molar-refractivity contribution in [2.24, 2.45) is 0 Å². The first kappa shape index (κ1) is 27.5. The quantitative estimate of drug-likeness (QED) is 0.311. The van der Waals surface area contributed by atoms with Crippen molar-refractivity contribution in [1.29, 1.82) is 0 Å². The largest absolute Gasteiger partial charge is 0.489 e. The second-order valence-corrected chi connectivity index (χ2v) is 9.50. The number of rotatable bonds is 11. The summed E-state index contributed by atoms with van der Waals surface area (Å²) in [5.74, 6) is -6.20. The zero-order chi connectivity index (χ0) is 26.7. The van der Waals surface area contributed by atoms with Gasteiger partial charge in [-0.25, -0.2) is 22.0 Å². The van der Waals surface area contributed by atoms with Gasteiger partial charge in [0, 0.05) is 18.2 Å². The highest BCUT2D eigenvalue weighted by molar-refractivity contribution is 5.79. The van der Waals surface area contributed by atoms with Crippen LogP contribution >= 0.6 is 0 Å². The number of halogens is 6. The van der Waals surface area contributed by atoms with Crippen LogP contribution in [0.15, 0.2) is 35.9 Å². The highest BCUT2D eigenvalue weighted by Gasteiger charge is 2.45. The minimum atomic E-state index is -3.52. The van der Waals surface area contributed by atoms with Gasteiger partial charge in [0.1, 0.15) is 24.8 Å². The Bertz CT molecular complexity index is 1160. The van der Waals surface area contributed by atoms with Gasteiger partial charge in [0.2, 0.25) is 0 Å². The number of aliphatic hydroxyl groups is 1.